The van der Waals surface area contributed by atoms with Gasteiger partial charge in [0.2, 0.25) is 0 Å². The van der Waals surface area contributed by atoms with E-state index in [0.29, 0.717) is 0 Å². The van der Waals surface area contributed by atoms with Crippen LogP contribution in [0.1, 0.15) is 13.3 Å². The van der Waals surface area contributed by atoms with Gasteiger partial charge >= 0.3 is 5.97 Å². The van der Waals surface area contributed by atoms with Gasteiger partial charge in [0.1, 0.15) is 0 Å². The number of esters is 1. The highest BCUT2D eigenvalue weighted by atomic mass is 35.5. The molecule has 1 rings (SSSR count). The number of rotatable bonds is 5. The quantitative estimate of drug-likeness (QED) is 0.785. The van der Waals surface area contributed by atoms with Crippen LogP contribution in [0.2, 0.25) is 10.0 Å². The third-order valence-electron chi connectivity index (χ3n) is 2.11. The van der Waals surface area contributed by atoms with Crippen molar-refractivity contribution in [3.63, 3.8) is 0 Å². The maximum atomic E-state index is 12.0. The second kappa shape index (κ2) is 6.41. The number of benzene rings is 1. The summed E-state index contributed by atoms with van der Waals surface area (Å²) >= 11 is 11.5. The zero-order chi connectivity index (χ0) is 13.8. The molecular weight excluding hydrogens is 299 g/mol. The molecule has 100 valence electrons. The van der Waals surface area contributed by atoms with Crippen LogP contribution in [0.4, 0.5) is 0 Å². The van der Waals surface area contributed by atoms with Crippen LogP contribution in [0.15, 0.2) is 23.1 Å². The second-order valence-corrected chi connectivity index (χ2v) is 6.37. The second-order valence-electron chi connectivity index (χ2n) is 3.45. The Morgan fingerprint density at radius 1 is 1.33 bits per heavy atom. The number of carbonyl (C=O) groups excluding carboxylic acids is 1. The number of ether oxygens (including phenoxy) is 1. The fourth-order valence-electron chi connectivity index (χ4n) is 1.28. The monoisotopic (exact) mass is 310 g/mol. The predicted molar refractivity (Wildman–Crippen MR) is 69.8 cm³/mol. The van der Waals surface area contributed by atoms with Crippen molar-refractivity contribution in [3.05, 3.63) is 28.2 Å². The molecule has 4 nitrogen and oxygen atoms in total. The van der Waals surface area contributed by atoms with Crippen molar-refractivity contribution in [1.29, 1.82) is 0 Å². The average molecular weight is 311 g/mol. The largest absolute Gasteiger partial charge is 0.466 e. The van der Waals surface area contributed by atoms with Gasteiger partial charge in [0, 0.05) is 5.02 Å². The van der Waals surface area contributed by atoms with E-state index in [1.165, 1.54) is 18.2 Å². The summed E-state index contributed by atoms with van der Waals surface area (Å²) in [6, 6.07) is 4.17. The van der Waals surface area contributed by atoms with Gasteiger partial charge in [-0.05, 0) is 25.1 Å². The van der Waals surface area contributed by atoms with Crippen LogP contribution >= 0.6 is 23.2 Å². The van der Waals surface area contributed by atoms with Gasteiger partial charge in [-0.3, -0.25) is 4.79 Å². The lowest BCUT2D eigenvalue weighted by molar-refractivity contribution is -0.142. The zero-order valence-corrected chi connectivity index (χ0v) is 12.0. The van der Waals surface area contributed by atoms with E-state index in [9.17, 15) is 13.2 Å². The van der Waals surface area contributed by atoms with E-state index in [1.54, 1.807) is 6.92 Å². The molecule has 0 fully saturated rings. The topological polar surface area (TPSA) is 60.4 Å². The maximum absolute atomic E-state index is 12.0. The number of hydrogen-bond acceptors (Lipinski definition) is 4. The lowest BCUT2D eigenvalue weighted by Gasteiger charge is -2.06. The Morgan fingerprint density at radius 3 is 2.61 bits per heavy atom. The molecule has 0 aliphatic carbocycles. The SMILES string of the molecule is CCOC(=O)CCS(=O)(=O)c1cc(Cl)ccc1Cl. The van der Waals surface area contributed by atoms with Gasteiger partial charge in [0.05, 0.1) is 28.7 Å². The number of halogens is 2. The van der Waals surface area contributed by atoms with Crippen LogP contribution < -0.4 is 0 Å². The maximum Gasteiger partial charge on any atom is 0.306 e. The van der Waals surface area contributed by atoms with Crippen LogP contribution in [-0.2, 0) is 19.4 Å². The van der Waals surface area contributed by atoms with E-state index in [0.717, 1.165) is 0 Å². The lowest BCUT2D eigenvalue weighted by Crippen LogP contribution is -2.13. The predicted octanol–water partition coefficient (Wildman–Crippen LogP) is 2.72. The molecule has 1 aromatic carbocycles. The summed E-state index contributed by atoms with van der Waals surface area (Å²) in [5, 5.41) is 0.359. The van der Waals surface area contributed by atoms with Gasteiger partial charge in [-0.15, -0.1) is 0 Å². The molecule has 7 heteroatoms. The molecule has 0 aliphatic rings. The van der Waals surface area contributed by atoms with E-state index in [-0.39, 0.29) is 33.7 Å². The molecular formula is C11H12Cl2O4S. The molecule has 18 heavy (non-hydrogen) atoms. The highest BCUT2D eigenvalue weighted by molar-refractivity contribution is 7.91. The van der Waals surface area contributed by atoms with Gasteiger partial charge < -0.3 is 4.74 Å². The fourth-order valence-corrected chi connectivity index (χ4v) is 3.31. The van der Waals surface area contributed by atoms with Gasteiger partial charge in [-0.25, -0.2) is 8.42 Å². The Labute approximate surface area is 116 Å². The highest BCUT2D eigenvalue weighted by Gasteiger charge is 2.20. The Morgan fingerprint density at radius 2 is 2.00 bits per heavy atom. The van der Waals surface area contributed by atoms with Crippen molar-refractivity contribution in [2.75, 3.05) is 12.4 Å². The summed E-state index contributed by atoms with van der Waals surface area (Å²) in [6.45, 7) is 1.87. The molecule has 0 radical (unpaired) electrons. The van der Waals surface area contributed by atoms with Gasteiger partial charge in [0.25, 0.3) is 0 Å². The van der Waals surface area contributed by atoms with E-state index >= 15 is 0 Å². The van der Waals surface area contributed by atoms with Crippen LogP contribution in [-0.4, -0.2) is 26.7 Å². The molecule has 1 aromatic rings. The minimum absolute atomic E-state index is 0.0686. The molecule has 0 amide bonds. The normalized spacial score (nSPS) is 11.3. The Balaban J connectivity index is 2.87. The summed E-state index contributed by atoms with van der Waals surface area (Å²) in [6.07, 6.45) is -0.209. The van der Waals surface area contributed by atoms with Crippen LogP contribution in [0, 0.1) is 0 Å². The standard InChI is InChI=1S/C11H12Cl2O4S/c1-2-17-11(14)5-6-18(15,16)10-7-8(12)3-4-9(10)13/h3-4,7H,2,5-6H2,1H3. The van der Waals surface area contributed by atoms with E-state index in [4.69, 9.17) is 23.2 Å². The fraction of sp³-hybridized carbons (Fsp3) is 0.364. The summed E-state index contributed by atoms with van der Waals surface area (Å²) in [7, 11) is -3.64. The first-order valence-corrected chi connectivity index (χ1v) is 7.61. The zero-order valence-electron chi connectivity index (χ0n) is 9.65. The molecule has 0 heterocycles. The summed E-state index contributed by atoms with van der Waals surface area (Å²) < 4.78 is 28.6. The highest BCUT2D eigenvalue weighted by Crippen LogP contribution is 2.26. The Bertz CT molecular complexity index is 540. The molecule has 0 saturated carbocycles. The van der Waals surface area contributed by atoms with Crippen molar-refractivity contribution in [3.8, 4) is 0 Å². The van der Waals surface area contributed by atoms with Crippen molar-refractivity contribution in [2.45, 2.75) is 18.2 Å². The molecule has 0 aromatic heterocycles. The number of hydrogen-bond donors (Lipinski definition) is 0. The Kier molecular flexibility index (Phi) is 5.44. The van der Waals surface area contributed by atoms with Crippen molar-refractivity contribution in [2.24, 2.45) is 0 Å². The molecule has 0 spiro atoms. The third-order valence-corrected chi connectivity index (χ3v) is 4.53. The van der Waals surface area contributed by atoms with E-state index < -0.39 is 15.8 Å². The first-order valence-electron chi connectivity index (χ1n) is 5.20. The van der Waals surface area contributed by atoms with E-state index in [1.807, 2.05) is 0 Å². The van der Waals surface area contributed by atoms with Crippen molar-refractivity contribution >= 4 is 39.0 Å². The number of sulfone groups is 1. The molecule has 0 bridgehead atoms. The first-order chi connectivity index (χ1) is 8.36. The van der Waals surface area contributed by atoms with Crippen LogP contribution in [0.5, 0.6) is 0 Å². The minimum Gasteiger partial charge on any atom is -0.466 e. The summed E-state index contributed by atoms with van der Waals surface area (Å²) in [5.41, 5.74) is 0. The summed E-state index contributed by atoms with van der Waals surface area (Å²) in [4.78, 5) is 11.1. The van der Waals surface area contributed by atoms with Crippen molar-refractivity contribution < 1.29 is 17.9 Å². The number of carbonyl (C=O) groups is 1. The smallest absolute Gasteiger partial charge is 0.306 e. The molecule has 0 unspecified atom stereocenters. The van der Waals surface area contributed by atoms with Gasteiger partial charge in [-0.2, -0.15) is 0 Å². The molecule has 0 atom stereocenters. The first kappa shape index (κ1) is 15.3. The third kappa shape index (κ3) is 4.15. The Hall–Kier alpha value is -0.780. The van der Waals surface area contributed by atoms with Crippen molar-refractivity contribution in [1.82, 2.24) is 0 Å². The average Bonchev–Trinajstić information content (AvgIpc) is 2.30. The molecule has 0 N–H and O–H groups in total. The minimum atomic E-state index is -3.64. The molecule has 0 aliphatic heterocycles. The lowest BCUT2D eigenvalue weighted by atomic mass is 10.4. The summed E-state index contributed by atoms with van der Waals surface area (Å²) in [5.74, 6) is -0.912. The van der Waals surface area contributed by atoms with Crippen LogP contribution in [0.3, 0.4) is 0 Å². The van der Waals surface area contributed by atoms with Crippen LogP contribution in [0.25, 0.3) is 0 Å². The molecule has 0 saturated heterocycles. The van der Waals surface area contributed by atoms with E-state index in [2.05, 4.69) is 4.74 Å². The van der Waals surface area contributed by atoms with Gasteiger partial charge in [-0.1, -0.05) is 23.2 Å². The van der Waals surface area contributed by atoms with Gasteiger partial charge in [0.15, 0.2) is 9.84 Å².